The molecule has 1 atom stereocenters. The summed E-state index contributed by atoms with van der Waals surface area (Å²) in [5.41, 5.74) is 3.59. The molecule has 3 aromatic rings. The summed E-state index contributed by atoms with van der Waals surface area (Å²) in [4.78, 5) is 6.47. The fraction of sp³-hybridized carbons (Fsp3) is 0.421. The van der Waals surface area contributed by atoms with Gasteiger partial charge in [-0.3, -0.25) is 19.2 Å². The van der Waals surface area contributed by atoms with E-state index in [0.29, 0.717) is 6.61 Å². The van der Waals surface area contributed by atoms with Gasteiger partial charge in [0.2, 0.25) is 0 Å². The van der Waals surface area contributed by atoms with Crippen LogP contribution in [-0.2, 0) is 37.5 Å². The number of fused-ring (bicyclic) bond motifs is 1. The molecule has 7 heteroatoms. The van der Waals surface area contributed by atoms with E-state index in [4.69, 9.17) is 4.74 Å². The minimum Gasteiger partial charge on any atom is -0.370 e. The monoisotopic (exact) mass is 352 g/mol. The van der Waals surface area contributed by atoms with Crippen LogP contribution in [0.1, 0.15) is 23.7 Å². The van der Waals surface area contributed by atoms with Crippen molar-refractivity contribution in [1.29, 1.82) is 0 Å². The average Bonchev–Trinajstić information content (AvgIpc) is 3.26. The molecule has 26 heavy (non-hydrogen) atoms. The quantitative estimate of drug-likeness (QED) is 0.680. The summed E-state index contributed by atoms with van der Waals surface area (Å²) in [6, 6.07) is 6.08. The number of hydrogen-bond acceptors (Lipinski definition) is 5. The van der Waals surface area contributed by atoms with Crippen molar-refractivity contribution in [2.45, 2.75) is 45.8 Å². The topological polar surface area (TPSA) is 61.0 Å². The molecule has 0 bridgehead atoms. The molecule has 0 radical (unpaired) electrons. The molecular weight excluding hydrogens is 328 g/mol. The maximum Gasteiger partial charge on any atom is 0.0902 e. The Hall–Kier alpha value is -2.51. The maximum absolute atomic E-state index is 6.22. The highest BCUT2D eigenvalue weighted by atomic mass is 16.5. The minimum atomic E-state index is 0.0885. The molecule has 0 fully saturated rings. The highest BCUT2D eigenvalue weighted by molar-refractivity contribution is 5.09. The number of pyridine rings is 1. The number of hydrogen-bond donors (Lipinski definition) is 0. The number of aryl methyl sites for hydroxylation is 1. The molecule has 1 aliphatic rings. The summed E-state index contributed by atoms with van der Waals surface area (Å²) in [6.45, 7) is 6.96. The van der Waals surface area contributed by atoms with E-state index in [1.54, 1.807) is 12.4 Å². The summed E-state index contributed by atoms with van der Waals surface area (Å²) in [5, 5.41) is 8.85. The van der Waals surface area contributed by atoms with Gasteiger partial charge in [-0.25, -0.2) is 0 Å². The van der Waals surface area contributed by atoms with E-state index >= 15 is 0 Å². The van der Waals surface area contributed by atoms with E-state index in [-0.39, 0.29) is 6.10 Å². The van der Waals surface area contributed by atoms with Crippen molar-refractivity contribution in [2.24, 2.45) is 0 Å². The third-order valence-corrected chi connectivity index (χ3v) is 4.68. The molecule has 0 N–H and O–H groups in total. The summed E-state index contributed by atoms with van der Waals surface area (Å²) in [7, 11) is 0. The zero-order chi connectivity index (χ0) is 17.8. The zero-order valence-corrected chi connectivity index (χ0v) is 15.0. The lowest BCUT2D eigenvalue weighted by atomic mass is 10.2. The number of nitrogens with zero attached hydrogens (tertiary/aromatic N) is 6. The Kier molecular flexibility index (Phi) is 5.08. The molecule has 4 heterocycles. The van der Waals surface area contributed by atoms with Gasteiger partial charge in [0, 0.05) is 56.5 Å². The van der Waals surface area contributed by atoms with E-state index in [2.05, 4.69) is 44.0 Å². The summed E-state index contributed by atoms with van der Waals surface area (Å²) < 4.78 is 10.2. The second kappa shape index (κ2) is 7.80. The largest absolute Gasteiger partial charge is 0.370 e. The van der Waals surface area contributed by atoms with Crippen LogP contribution in [-0.4, -0.2) is 42.1 Å². The second-order valence-corrected chi connectivity index (χ2v) is 6.67. The molecule has 7 nitrogen and oxygen atoms in total. The van der Waals surface area contributed by atoms with Crippen molar-refractivity contribution < 1.29 is 4.74 Å². The Morgan fingerprint density at radius 3 is 2.77 bits per heavy atom. The van der Waals surface area contributed by atoms with Crippen LogP contribution in [0.5, 0.6) is 0 Å². The fourth-order valence-corrected chi connectivity index (χ4v) is 3.33. The van der Waals surface area contributed by atoms with Crippen molar-refractivity contribution in [1.82, 2.24) is 29.4 Å². The molecule has 0 aliphatic carbocycles. The van der Waals surface area contributed by atoms with Gasteiger partial charge < -0.3 is 4.74 Å². The number of aromatic nitrogens is 5. The molecule has 1 unspecified atom stereocenters. The maximum atomic E-state index is 6.22. The fourth-order valence-electron chi connectivity index (χ4n) is 3.33. The van der Waals surface area contributed by atoms with E-state index in [1.807, 2.05) is 29.2 Å². The molecule has 136 valence electrons. The van der Waals surface area contributed by atoms with Crippen LogP contribution in [0, 0.1) is 0 Å². The van der Waals surface area contributed by atoms with Gasteiger partial charge >= 0.3 is 0 Å². The van der Waals surface area contributed by atoms with Crippen LogP contribution in [0.15, 0.2) is 49.2 Å². The van der Waals surface area contributed by atoms with Crippen LogP contribution >= 0.6 is 0 Å². The lowest BCUT2D eigenvalue weighted by Crippen LogP contribution is -2.32. The standard InChI is InChI=1S/C19H24N6O/c1-2-24-11-17(9-22-24)10-23-12-18-5-8-21-25(18)14-19(13-23)26-15-16-3-6-20-7-4-16/h3-9,11,19H,2,10,12-15H2,1H3. The smallest absolute Gasteiger partial charge is 0.0902 e. The van der Waals surface area contributed by atoms with Crippen LogP contribution in [0.4, 0.5) is 0 Å². The van der Waals surface area contributed by atoms with Gasteiger partial charge in [-0.15, -0.1) is 0 Å². The predicted molar refractivity (Wildman–Crippen MR) is 97.1 cm³/mol. The minimum absolute atomic E-state index is 0.0885. The Labute approximate surface area is 153 Å². The van der Waals surface area contributed by atoms with E-state index in [1.165, 1.54) is 11.3 Å². The van der Waals surface area contributed by atoms with Crippen LogP contribution in [0.2, 0.25) is 0 Å². The molecule has 0 saturated carbocycles. The third-order valence-electron chi connectivity index (χ3n) is 4.68. The molecule has 3 aromatic heterocycles. The van der Waals surface area contributed by atoms with Crippen molar-refractivity contribution in [3.8, 4) is 0 Å². The predicted octanol–water partition coefficient (Wildman–Crippen LogP) is 2.10. The SMILES string of the molecule is CCn1cc(CN2Cc3ccnn3CC(OCc3ccncc3)C2)cn1. The van der Waals surface area contributed by atoms with Gasteiger partial charge in [0.15, 0.2) is 0 Å². The summed E-state index contributed by atoms with van der Waals surface area (Å²) in [5.74, 6) is 0. The molecule has 4 rings (SSSR count). The highest BCUT2D eigenvalue weighted by Gasteiger charge is 2.23. The van der Waals surface area contributed by atoms with E-state index < -0.39 is 0 Å². The molecular formula is C19H24N6O. The summed E-state index contributed by atoms with van der Waals surface area (Å²) in [6.07, 6.45) is 9.64. The van der Waals surface area contributed by atoms with Crippen molar-refractivity contribution >= 4 is 0 Å². The Balaban J connectivity index is 1.46. The molecule has 1 aliphatic heterocycles. The first-order chi connectivity index (χ1) is 12.8. The molecule has 0 aromatic carbocycles. The molecule has 0 spiro atoms. The molecule has 0 saturated heterocycles. The second-order valence-electron chi connectivity index (χ2n) is 6.67. The Morgan fingerprint density at radius 2 is 1.96 bits per heavy atom. The first-order valence-electron chi connectivity index (χ1n) is 9.05. The normalized spacial score (nSPS) is 17.8. The van der Waals surface area contributed by atoms with Gasteiger partial charge in [-0.1, -0.05) is 0 Å². The van der Waals surface area contributed by atoms with Crippen molar-refractivity contribution in [3.05, 3.63) is 66.0 Å². The van der Waals surface area contributed by atoms with Gasteiger partial charge in [0.05, 0.1) is 31.1 Å². The Bertz CT molecular complexity index is 827. The van der Waals surface area contributed by atoms with Gasteiger partial charge in [-0.05, 0) is 30.7 Å². The van der Waals surface area contributed by atoms with Gasteiger partial charge in [0.1, 0.15) is 0 Å². The van der Waals surface area contributed by atoms with Crippen LogP contribution in [0.25, 0.3) is 0 Å². The Morgan fingerprint density at radius 1 is 1.08 bits per heavy atom. The first-order valence-corrected chi connectivity index (χ1v) is 9.05. The summed E-state index contributed by atoms with van der Waals surface area (Å²) >= 11 is 0. The number of rotatable bonds is 6. The highest BCUT2D eigenvalue weighted by Crippen LogP contribution is 2.17. The third kappa shape index (κ3) is 4.00. The average molecular weight is 352 g/mol. The van der Waals surface area contributed by atoms with E-state index in [9.17, 15) is 0 Å². The van der Waals surface area contributed by atoms with Gasteiger partial charge in [-0.2, -0.15) is 10.2 Å². The lowest BCUT2D eigenvalue weighted by molar-refractivity contribution is 0.00717. The zero-order valence-electron chi connectivity index (χ0n) is 15.0. The molecule has 0 amide bonds. The first kappa shape index (κ1) is 16.9. The van der Waals surface area contributed by atoms with Crippen molar-refractivity contribution in [3.63, 3.8) is 0 Å². The number of ether oxygens (including phenoxy) is 1. The van der Waals surface area contributed by atoms with Gasteiger partial charge in [0.25, 0.3) is 0 Å². The van der Waals surface area contributed by atoms with Crippen molar-refractivity contribution in [2.75, 3.05) is 6.54 Å². The lowest BCUT2D eigenvalue weighted by Gasteiger charge is -2.23. The van der Waals surface area contributed by atoms with Crippen LogP contribution in [0.3, 0.4) is 0 Å². The van der Waals surface area contributed by atoms with E-state index in [0.717, 1.165) is 38.3 Å². The van der Waals surface area contributed by atoms with Crippen LogP contribution < -0.4 is 0 Å².